The van der Waals surface area contributed by atoms with Crippen molar-refractivity contribution in [1.82, 2.24) is 5.43 Å². The molecule has 1 rings (SSSR count). The van der Waals surface area contributed by atoms with E-state index in [1.807, 2.05) is 0 Å². The molecule has 0 spiro atoms. The summed E-state index contributed by atoms with van der Waals surface area (Å²) in [6, 6.07) is 1.79. The quantitative estimate of drug-likeness (QED) is 0.339. The van der Waals surface area contributed by atoms with E-state index in [0.29, 0.717) is 0 Å². The van der Waals surface area contributed by atoms with Gasteiger partial charge in [0, 0.05) is 6.07 Å². The number of benzene rings is 1. The Balaban J connectivity index is 3.54. The molecule has 0 atom stereocenters. The number of nitrogens with one attached hydrogen (secondary N) is 1. The standard InChI is InChI=1S/C8H8N4O5/c1-4-2-5(11(14)15)3-6(12(16)17)7(4)8(13)10-9/h2-3H,9H2,1H3,(H,10,13). The molecule has 9 nitrogen and oxygen atoms in total. The molecule has 0 saturated heterocycles. The van der Waals surface area contributed by atoms with E-state index in [4.69, 9.17) is 5.84 Å². The normalized spacial score (nSPS) is 9.76. The van der Waals surface area contributed by atoms with E-state index in [-0.39, 0.29) is 11.1 Å². The SMILES string of the molecule is Cc1cc([N+](=O)[O-])cc([N+](=O)[O-])c1C(=O)NN. The van der Waals surface area contributed by atoms with Crippen LogP contribution >= 0.6 is 0 Å². The van der Waals surface area contributed by atoms with E-state index in [2.05, 4.69) is 0 Å². The van der Waals surface area contributed by atoms with Crippen LogP contribution in [0.5, 0.6) is 0 Å². The van der Waals surface area contributed by atoms with Gasteiger partial charge in [-0.25, -0.2) is 5.84 Å². The summed E-state index contributed by atoms with van der Waals surface area (Å²) < 4.78 is 0. The third-order valence-electron chi connectivity index (χ3n) is 2.07. The number of hydrazine groups is 1. The molecule has 0 bridgehead atoms. The zero-order valence-electron chi connectivity index (χ0n) is 8.67. The maximum Gasteiger partial charge on any atom is 0.289 e. The minimum Gasteiger partial charge on any atom is -0.290 e. The van der Waals surface area contributed by atoms with Gasteiger partial charge in [-0.05, 0) is 12.5 Å². The summed E-state index contributed by atoms with van der Waals surface area (Å²) >= 11 is 0. The lowest BCUT2D eigenvalue weighted by Crippen LogP contribution is -2.31. The van der Waals surface area contributed by atoms with Gasteiger partial charge in [0.25, 0.3) is 17.3 Å². The molecule has 0 aromatic heterocycles. The molecule has 3 N–H and O–H groups in total. The van der Waals surface area contributed by atoms with Gasteiger partial charge >= 0.3 is 0 Å². The van der Waals surface area contributed by atoms with E-state index >= 15 is 0 Å². The number of amides is 1. The monoisotopic (exact) mass is 240 g/mol. The Morgan fingerprint density at radius 1 is 1.29 bits per heavy atom. The molecule has 0 fully saturated rings. The molecule has 1 aromatic carbocycles. The molecule has 0 heterocycles. The van der Waals surface area contributed by atoms with E-state index in [0.717, 1.165) is 12.1 Å². The molecule has 9 heteroatoms. The number of nitrogen functional groups attached to an aromatic ring is 1. The maximum atomic E-state index is 11.3. The van der Waals surface area contributed by atoms with Crippen molar-refractivity contribution < 1.29 is 14.6 Å². The Hall–Kier alpha value is -2.55. The fourth-order valence-corrected chi connectivity index (χ4v) is 1.37. The first kappa shape index (κ1) is 12.5. The minimum atomic E-state index is -0.871. The number of nitro groups is 2. The highest BCUT2D eigenvalue weighted by Gasteiger charge is 2.26. The Labute approximate surface area is 94.5 Å². The lowest BCUT2D eigenvalue weighted by atomic mass is 10.0. The van der Waals surface area contributed by atoms with Crippen LogP contribution < -0.4 is 11.3 Å². The van der Waals surface area contributed by atoms with Gasteiger partial charge in [0.15, 0.2) is 0 Å². The number of hydrogen-bond acceptors (Lipinski definition) is 6. The Kier molecular flexibility index (Phi) is 3.34. The van der Waals surface area contributed by atoms with Crippen molar-refractivity contribution in [2.24, 2.45) is 5.84 Å². The second kappa shape index (κ2) is 4.53. The van der Waals surface area contributed by atoms with Crippen molar-refractivity contribution in [3.05, 3.63) is 43.5 Å². The van der Waals surface area contributed by atoms with Crippen LogP contribution in [0, 0.1) is 27.2 Å². The highest BCUT2D eigenvalue weighted by molar-refractivity contribution is 5.99. The predicted molar refractivity (Wildman–Crippen MR) is 56.1 cm³/mol. The third-order valence-corrected chi connectivity index (χ3v) is 2.07. The summed E-state index contributed by atoms with van der Waals surface area (Å²) in [5.74, 6) is 4.01. The van der Waals surface area contributed by atoms with Crippen molar-refractivity contribution in [1.29, 1.82) is 0 Å². The zero-order valence-corrected chi connectivity index (χ0v) is 8.67. The molecule has 0 aliphatic heterocycles. The third kappa shape index (κ3) is 2.34. The van der Waals surface area contributed by atoms with Gasteiger partial charge in [-0.2, -0.15) is 0 Å². The molecule has 90 valence electrons. The topological polar surface area (TPSA) is 141 Å². The zero-order chi connectivity index (χ0) is 13.2. The van der Waals surface area contributed by atoms with Crippen LogP contribution in [0.1, 0.15) is 15.9 Å². The van der Waals surface area contributed by atoms with Crippen molar-refractivity contribution >= 4 is 17.3 Å². The molecule has 0 aliphatic carbocycles. The largest absolute Gasteiger partial charge is 0.290 e. The summed E-state index contributed by atoms with van der Waals surface area (Å²) in [5.41, 5.74) is 0.461. The first-order valence-corrected chi connectivity index (χ1v) is 4.33. The summed E-state index contributed by atoms with van der Waals surface area (Å²) in [7, 11) is 0. The first-order valence-electron chi connectivity index (χ1n) is 4.33. The average molecular weight is 240 g/mol. The number of non-ortho nitro benzene ring substituents is 1. The van der Waals surface area contributed by atoms with Crippen LogP contribution in [0.15, 0.2) is 12.1 Å². The lowest BCUT2D eigenvalue weighted by molar-refractivity contribution is -0.394. The first-order chi connectivity index (χ1) is 7.88. The Bertz CT molecular complexity index is 513. The van der Waals surface area contributed by atoms with Crippen LogP contribution in [0.4, 0.5) is 11.4 Å². The second-order valence-corrected chi connectivity index (χ2v) is 3.14. The number of hydrogen-bond donors (Lipinski definition) is 2. The van der Waals surface area contributed by atoms with Gasteiger partial charge in [-0.1, -0.05) is 0 Å². The number of carbonyl (C=O) groups excluding carboxylic acids is 1. The summed E-state index contributed by atoms with van der Waals surface area (Å²) in [5, 5.41) is 21.3. The van der Waals surface area contributed by atoms with E-state index in [1.165, 1.54) is 6.92 Å². The molecular formula is C8H8N4O5. The van der Waals surface area contributed by atoms with Gasteiger partial charge < -0.3 is 0 Å². The van der Waals surface area contributed by atoms with Gasteiger partial charge in [-0.15, -0.1) is 0 Å². The van der Waals surface area contributed by atoms with Crippen molar-refractivity contribution in [2.45, 2.75) is 6.92 Å². The maximum absolute atomic E-state index is 11.3. The number of nitrogens with zero attached hydrogens (tertiary/aromatic N) is 2. The van der Waals surface area contributed by atoms with Gasteiger partial charge in [0.1, 0.15) is 5.56 Å². The number of nitro benzene ring substituents is 2. The number of carbonyl (C=O) groups is 1. The van der Waals surface area contributed by atoms with E-state index in [9.17, 15) is 25.0 Å². The highest BCUT2D eigenvalue weighted by atomic mass is 16.6. The molecule has 0 aliphatic rings. The Morgan fingerprint density at radius 2 is 1.88 bits per heavy atom. The molecule has 1 aromatic rings. The molecule has 17 heavy (non-hydrogen) atoms. The lowest BCUT2D eigenvalue weighted by Gasteiger charge is -2.05. The second-order valence-electron chi connectivity index (χ2n) is 3.14. The molecule has 0 unspecified atom stereocenters. The summed E-state index contributed by atoms with van der Waals surface area (Å²) in [6.07, 6.45) is 0. The van der Waals surface area contributed by atoms with Crippen LogP contribution in [0.3, 0.4) is 0 Å². The van der Waals surface area contributed by atoms with Gasteiger partial charge in [-0.3, -0.25) is 30.4 Å². The highest BCUT2D eigenvalue weighted by Crippen LogP contribution is 2.27. The molecular weight excluding hydrogens is 232 g/mol. The van der Waals surface area contributed by atoms with Crippen molar-refractivity contribution in [2.75, 3.05) is 0 Å². The van der Waals surface area contributed by atoms with Crippen LogP contribution in [-0.2, 0) is 0 Å². The fraction of sp³-hybridized carbons (Fsp3) is 0.125. The van der Waals surface area contributed by atoms with E-state index in [1.54, 1.807) is 5.43 Å². The minimum absolute atomic E-state index is 0.105. The Morgan fingerprint density at radius 3 is 2.29 bits per heavy atom. The van der Waals surface area contributed by atoms with Gasteiger partial charge in [0.05, 0.1) is 15.9 Å². The molecule has 0 radical (unpaired) electrons. The summed E-state index contributed by atoms with van der Waals surface area (Å²) in [4.78, 5) is 31.0. The smallest absolute Gasteiger partial charge is 0.289 e. The van der Waals surface area contributed by atoms with Crippen LogP contribution in [0.2, 0.25) is 0 Å². The van der Waals surface area contributed by atoms with Crippen LogP contribution in [-0.4, -0.2) is 15.8 Å². The van der Waals surface area contributed by atoms with Gasteiger partial charge in [0.2, 0.25) is 0 Å². The number of nitrogens with two attached hydrogens (primary N) is 1. The number of rotatable bonds is 3. The molecule has 0 saturated carbocycles. The average Bonchev–Trinajstić information content (AvgIpc) is 2.26. The van der Waals surface area contributed by atoms with E-state index < -0.39 is 27.1 Å². The van der Waals surface area contributed by atoms with Crippen molar-refractivity contribution in [3.63, 3.8) is 0 Å². The predicted octanol–water partition coefficient (Wildman–Crippen LogP) is 0.415. The molecule has 1 amide bonds. The number of aryl methyl sites for hydroxylation is 1. The summed E-state index contributed by atoms with van der Waals surface area (Å²) in [6.45, 7) is 1.35. The van der Waals surface area contributed by atoms with Crippen molar-refractivity contribution in [3.8, 4) is 0 Å². The fourth-order valence-electron chi connectivity index (χ4n) is 1.37. The van der Waals surface area contributed by atoms with Crippen LogP contribution in [0.25, 0.3) is 0 Å².